The number of ether oxygens (including phenoxy) is 1. The molecule has 2 aromatic rings. The molecule has 43 heavy (non-hydrogen) atoms. The number of aliphatic hydroxyl groups excluding tert-OH is 1. The Morgan fingerprint density at radius 1 is 0.814 bits per heavy atom. The van der Waals surface area contributed by atoms with Gasteiger partial charge in [-0.05, 0) is 49.7 Å². The highest BCUT2D eigenvalue weighted by molar-refractivity contribution is 5.78. The molecule has 3 saturated heterocycles. The number of aliphatic hydroxyl groups is 1. The van der Waals surface area contributed by atoms with Crippen molar-refractivity contribution < 1.29 is 34.4 Å². The number of piperidine rings is 2. The molecule has 4 N–H and O–H groups in total. The van der Waals surface area contributed by atoms with Crippen molar-refractivity contribution in [3.05, 3.63) is 71.8 Å². The fraction of sp³-hybridized carbons (Fsp3) is 0.531. The van der Waals surface area contributed by atoms with Crippen molar-refractivity contribution in [2.75, 3.05) is 46.0 Å². The summed E-state index contributed by atoms with van der Waals surface area (Å²) in [5, 5.41) is 30.9. The first-order valence-corrected chi connectivity index (χ1v) is 15.1. The molecule has 2 aromatic carbocycles. The maximum atomic E-state index is 12.0. The first kappa shape index (κ1) is 32.2. The topological polar surface area (TPSA) is 143 Å². The van der Waals surface area contributed by atoms with Gasteiger partial charge in [-0.1, -0.05) is 60.7 Å². The molecule has 3 aliphatic rings. The second kappa shape index (κ2) is 16.3. The van der Waals surface area contributed by atoms with E-state index >= 15 is 0 Å². The van der Waals surface area contributed by atoms with Crippen LogP contribution in [0.5, 0.6) is 0 Å². The molecule has 234 valence electrons. The Bertz CT molecular complexity index is 1170. The van der Waals surface area contributed by atoms with Crippen LogP contribution < -0.4 is 5.32 Å². The predicted octanol–water partition coefficient (Wildman–Crippen LogP) is 2.92. The number of nitrogens with one attached hydrogen (secondary N) is 1. The molecule has 3 amide bonds. The summed E-state index contributed by atoms with van der Waals surface area (Å²) in [4.78, 5) is 39.9. The monoisotopic (exact) mass is 596 g/mol. The maximum absolute atomic E-state index is 12.0. The number of morpholine rings is 1. The summed E-state index contributed by atoms with van der Waals surface area (Å²) in [6.45, 7) is 3.02. The minimum atomic E-state index is -0.877. The van der Waals surface area contributed by atoms with E-state index in [1.807, 2.05) is 65.6 Å². The molecule has 0 spiro atoms. The fourth-order valence-corrected chi connectivity index (χ4v) is 6.40. The molecule has 5 rings (SSSR count). The fourth-order valence-electron chi connectivity index (χ4n) is 6.40. The average Bonchev–Trinajstić information content (AvgIpc) is 3.01. The van der Waals surface area contributed by atoms with Crippen LogP contribution in [0.2, 0.25) is 0 Å². The third-order valence-corrected chi connectivity index (χ3v) is 8.53. The lowest BCUT2D eigenvalue weighted by atomic mass is 9.91. The summed E-state index contributed by atoms with van der Waals surface area (Å²) in [6.07, 6.45) is 2.69. The minimum Gasteiger partial charge on any atom is -0.465 e. The van der Waals surface area contributed by atoms with Crippen molar-refractivity contribution >= 4 is 18.1 Å². The Balaban J connectivity index is 0.000000199. The lowest BCUT2D eigenvalue weighted by Crippen LogP contribution is -2.56. The van der Waals surface area contributed by atoms with E-state index in [1.165, 1.54) is 4.90 Å². The van der Waals surface area contributed by atoms with E-state index in [0.29, 0.717) is 52.0 Å². The van der Waals surface area contributed by atoms with Crippen LogP contribution in [0.25, 0.3) is 0 Å². The molecule has 0 aliphatic carbocycles. The number of nitrogens with zero attached hydrogens (tertiary/aromatic N) is 3. The second-order valence-electron chi connectivity index (χ2n) is 11.4. The van der Waals surface area contributed by atoms with Crippen molar-refractivity contribution in [2.45, 2.75) is 62.7 Å². The Hall–Kier alpha value is -3.67. The average molecular weight is 597 g/mol. The van der Waals surface area contributed by atoms with Crippen LogP contribution in [0.3, 0.4) is 0 Å². The Morgan fingerprint density at radius 3 is 1.91 bits per heavy atom. The quantitative estimate of drug-likeness (QED) is 0.364. The lowest BCUT2D eigenvalue weighted by Gasteiger charge is -2.43. The van der Waals surface area contributed by atoms with E-state index in [4.69, 9.17) is 9.84 Å². The standard InChI is InChI=1S/C17H22N2O4.C15H22N2O3/c20-16-12-23-9-8-18(16)14-6-7-19(17(21)22)15(11-14)10-13-4-2-1-3-5-13;18-9-7-16-13-6-8-17(15(19)20)14(11-13)10-12-4-2-1-3-5-12/h1-5,14-15H,6-12H2,(H,21,22);1-5,13-14,16,18H,6-11H2,(H,19,20). The van der Waals surface area contributed by atoms with Gasteiger partial charge in [0.25, 0.3) is 0 Å². The zero-order valence-corrected chi connectivity index (χ0v) is 24.6. The third kappa shape index (κ3) is 9.41. The molecule has 3 aliphatic heterocycles. The highest BCUT2D eigenvalue weighted by atomic mass is 16.5. The number of rotatable bonds is 8. The van der Waals surface area contributed by atoms with Gasteiger partial charge in [-0.25, -0.2) is 9.59 Å². The van der Waals surface area contributed by atoms with Crippen LogP contribution >= 0.6 is 0 Å². The Morgan fingerprint density at radius 2 is 1.37 bits per heavy atom. The van der Waals surface area contributed by atoms with Crippen LogP contribution in [0.4, 0.5) is 9.59 Å². The van der Waals surface area contributed by atoms with Crippen LogP contribution in [-0.4, -0.2) is 118 Å². The van der Waals surface area contributed by atoms with Crippen molar-refractivity contribution in [3.63, 3.8) is 0 Å². The van der Waals surface area contributed by atoms with Gasteiger partial charge in [0.1, 0.15) is 6.61 Å². The molecule has 11 nitrogen and oxygen atoms in total. The van der Waals surface area contributed by atoms with Gasteiger partial charge in [-0.15, -0.1) is 0 Å². The number of carbonyl (C=O) groups is 3. The molecular formula is C32H44N4O7. The SMILES string of the molecule is O=C(O)N1CCC(N2CCOCC2=O)CC1Cc1ccccc1.O=C(O)N1CCC(NCCO)CC1Cc1ccccc1. The Kier molecular flexibility index (Phi) is 12.2. The lowest BCUT2D eigenvalue weighted by molar-refractivity contribution is -0.147. The molecule has 0 radical (unpaired) electrons. The summed E-state index contributed by atoms with van der Waals surface area (Å²) in [7, 11) is 0. The summed E-state index contributed by atoms with van der Waals surface area (Å²) in [6, 6.07) is 20.2. The van der Waals surface area contributed by atoms with E-state index in [1.54, 1.807) is 4.90 Å². The Labute approximate surface area is 253 Å². The van der Waals surface area contributed by atoms with Gasteiger partial charge in [0.05, 0.1) is 13.2 Å². The van der Waals surface area contributed by atoms with Gasteiger partial charge in [-0.3, -0.25) is 4.79 Å². The van der Waals surface area contributed by atoms with Crippen LogP contribution in [0.1, 0.15) is 36.8 Å². The first-order chi connectivity index (χ1) is 20.9. The minimum absolute atomic E-state index is 0.000146. The van der Waals surface area contributed by atoms with Crippen LogP contribution in [0, 0.1) is 0 Å². The van der Waals surface area contributed by atoms with E-state index in [9.17, 15) is 24.6 Å². The number of carboxylic acid groups (broad SMARTS) is 2. The van der Waals surface area contributed by atoms with E-state index in [2.05, 4.69) is 5.32 Å². The molecule has 0 aromatic heterocycles. The third-order valence-electron chi connectivity index (χ3n) is 8.53. The van der Waals surface area contributed by atoms with Gasteiger partial charge in [-0.2, -0.15) is 0 Å². The number of amides is 3. The van der Waals surface area contributed by atoms with Crippen LogP contribution in [-0.2, 0) is 22.4 Å². The number of benzene rings is 2. The molecule has 4 atom stereocenters. The van der Waals surface area contributed by atoms with E-state index < -0.39 is 12.2 Å². The predicted molar refractivity (Wildman–Crippen MR) is 161 cm³/mol. The van der Waals surface area contributed by atoms with Gasteiger partial charge < -0.3 is 40.1 Å². The van der Waals surface area contributed by atoms with E-state index in [-0.39, 0.29) is 43.3 Å². The van der Waals surface area contributed by atoms with Gasteiger partial charge in [0, 0.05) is 50.3 Å². The molecule has 11 heteroatoms. The molecule has 0 bridgehead atoms. The highest BCUT2D eigenvalue weighted by Crippen LogP contribution is 2.26. The highest BCUT2D eigenvalue weighted by Gasteiger charge is 2.36. The second-order valence-corrected chi connectivity index (χ2v) is 11.4. The molecule has 0 saturated carbocycles. The first-order valence-electron chi connectivity index (χ1n) is 15.1. The summed E-state index contributed by atoms with van der Waals surface area (Å²) < 4.78 is 5.19. The van der Waals surface area contributed by atoms with Gasteiger partial charge >= 0.3 is 12.2 Å². The van der Waals surface area contributed by atoms with Crippen molar-refractivity contribution in [3.8, 4) is 0 Å². The van der Waals surface area contributed by atoms with Crippen LogP contribution in [0.15, 0.2) is 60.7 Å². The number of hydrogen-bond donors (Lipinski definition) is 4. The maximum Gasteiger partial charge on any atom is 0.407 e. The van der Waals surface area contributed by atoms with Gasteiger partial charge in [0.15, 0.2) is 0 Å². The molecule has 3 fully saturated rings. The molecule has 3 heterocycles. The zero-order valence-electron chi connectivity index (χ0n) is 24.6. The number of likely N-dealkylation sites (tertiary alicyclic amines) is 2. The van der Waals surface area contributed by atoms with Crippen molar-refractivity contribution in [1.82, 2.24) is 20.0 Å². The normalized spacial score (nSPS) is 24.2. The van der Waals surface area contributed by atoms with E-state index in [0.717, 1.165) is 30.4 Å². The zero-order chi connectivity index (χ0) is 30.6. The van der Waals surface area contributed by atoms with Crippen molar-refractivity contribution in [1.29, 1.82) is 0 Å². The summed E-state index contributed by atoms with van der Waals surface area (Å²) >= 11 is 0. The van der Waals surface area contributed by atoms with Crippen molar-refractivity contribution in [2.24, 2.45) is 0 Å². The van der Waals surface area contributed by atoms with Gasteiger partial charge in [0.2, 0.25) is 5.91 Å². The number of hydrogen-bond acceptors (Lipinski definition) is 6. The smallest absolute Gasteiger partial charge is 0.407 e. The summed E-state index contributed by atoms with van der Waals surface area (Å²) in [5.41, 5.74) is 2.28. The number of carbonyl (C=O) groups excluding carboxylic acids is 1. The molecular weight excluding hydrogens is 552 g/mol. The summed E-state index contributed by atoms with van der Waals surface area (Å²) in [5.74, 6) is 0.0171. The molecule has 4 unspecified atom stereocenters. The largest absolute Gasteiger partial charge is 0.465 e.